The molecule has 0 saturated carbocycles. The van der Waals surface area contributed by atoms with Crippen LogP contribution >= 0.6 is 0 Å². The second-order valence-electron chi connectivity index (χ2n) is 3.21. The number of urea groups is 1. The van der Waals surface area contributed by atoms with Crippen LogP contribution in [0.4, 0.5) is 4.79 Å². The van der Waals surface area contributed by atoms with E-state index in [1.165, 1.54) is 14.2 Å². The Morgan fingerprint density at radius 3 is 2.39 bits per heavy atom. The number of methoxy groups -OCH3 is 1. The smallest absolute Gasteiger partial charge is 0.328 e. The Labute approximate surface area is 103 Å². The third-order valence-corrected chi connectivity index (χ3v) is 1.83. The van der Waals surface area contributed by atoms with Crippen LogP contribution < -0.4 is 5.32 Å². The first-order chi connectivity index (χ1) is 8.36. The molecule has 0 bridgehead atoms. The van der Waals surface area contributed by atoms with Crippen molar-refractivity contribution in [3.63, 3.8) is 0 Å². The molecule has 0 fully saturated rings. The number of imide groups is 1. The Hall–Kier alpha value is -2.38. The molecule has 0 heterocycles. The van der Waals surface area contributed by atoms with Crippen LogP contribution in [0.3, 0.4) is 0 Å². The number of esters is 1. The number of ether oxygens (including phenoxy) is 1. The molecular formula is C10H14N2O6. The van der Waals surface area contributed by atoms with Gasteiger partial charge in [-0.15, -0.1) is 0 Å². The molecule has 8 nitrogen and oxygen atoms in total. The summed E-state index contributed by atoms with van der Waals surface area (Å²) in [5.74, 6) is -2.63. The van der Waals surface area contributed by atoms with Gasteiger partial charge in [0.1, 0.15) is 0 Å². The maximum Gasteiger partial charge on any atom is 0.328 e. The number of nitrogens with one attached hydrogen (secondary N) is 1. The van der Waals surface area contributed by atoms with E-state index in [4.69, 9.17) is 5.11 Å². The predicted octanol–water partition coefficient (Wildman–Crippen LogP) is -0.642. The van der Waals surface area contributed by atoms with Gasteiger partial charge in [0.05, 0.1) is 13.5 Å². The molecule has 0 aromatic carbocycles. The van der Waals surface area contributed by atoms with Gasteiger partial charge < -0.3 is 14.7 Å². The highest BCUT2D eigenvalue weighted by atomic mass is 16.5. The zero-order chi connectivity index (χ0) is 14.1. The zero-order valence-corrected chi connectivity index (χ0v) is 10.0. The van der Waals surface area contributed by atoms with Gasteiger partial charge in [0.2, 0.25) is 0 Å². The molecule has 0 aliphatic heterocycles. The average molecular weight is 258 g/mol. The Bertz CT molecular complexity index is 377. The van der Waals surface area contributed by atoms with Crippen molar-refractivity contribution in [2.75, 3.05) is 20.7 Å². The highest BCUT2D eigenvalue weighted by Gasteiger charge is 2.12. The van der Waals surface area contributed by atoms with E-state index in [2.05, 4.69) is 4.74 Å². The number of aliphatic carboxylic acids is 1. The largest absolute Gasteiger partial charge is 0.478 e. The van der Waals surface area contributed by atoms with Crippen molar-refractivity contribution in [1.82, 2.24) is 10.2 Å². The molecule has 2 N–H and O–H groups in total. The van der Waals surface area contributed by atoms with Gasteiger partial charge in [-0.25, -0.2) is 9.59 Å². The van der Waals surface area contributed by atoms with Gasteiger partial charge in [-0.1, -0.05) is 0 Å². The Balaban J connectivity index is 4.12. The van der Waals surface area contributed by atoms with E-state index in [9.17, 15) is 19.2 Å². The summed E-state index contributed by atoms with van der Waals surface area (Å²) in [6, 6.07) is -0.737. The molecule has 0 atom stereocenters. The van der Waals surface area contributed by atoms with Gasteiger partial charge in [-0.2, -0.15) is 0 Å². The maximum atomic E-state index is 11.4. The minimum absolute atomic E-state index is 0.000421. The van der Waals surface area contributed by atoms with Crippen molar-refractivity contribution in [3.8, 4) is 0 Å². The van der Waals surface area contributed by atoms with Crippen LogP contribution in [0.2, 0.25) is 0 Å². The van der Waals surface area contributed by atoms with Crippen molar-refractivity contribution < 1.29 is 29.0 Å². The lowest BCUT2D eigenvalue weighted by Gasteiger charge is -2.15. The fourth-order valence-corrected chi connectivity index (χ4v) is 0.852. The lowest BCUT2D eigenvalue weighted by Crippen LogP contribution is -2.41. The highest BCUT2D eigenvalue weighted by Crippen LogP contribution is 1.91. The van der Waals surface area contributed by atoms with E-state index in [-0.39, 0.29) is 13.0 Å². The molecule has 0 aromatic heterocycles. The van der Waals surface area contributed by atoms with E-state index >= 15 is 0 Å². The van der Waals surface area contributed by atoms with Crippen LogP contribution in [0.25, 0.3) is 0 Å². The molecule has 0 saturated heterocycles. The summed E-state index contributed by atoms with van der Waals surface area (Å²) in [6.45, 7) is 0.0778. The van der Waals surface area contributed by atoms with Crippen molar-refractivity contribution in [2.24, 2.45) is 0 Å². The van der Waals surface area contributed by atoms with E-state index < -0.39 is 23.9 Å². The molecule has 100 valence electrons. The standard InChI is InChI=1S/C10H14N2O6/c1-12(6-5-9(16)18-2)10(17)11-7(13)3-4-8(14)15/h3-4H,5-6H2,1-2H3,(H,14,15)(H,11,13,17)/b4-3+. The van der Waals surface area contributed by atoms with Crippen molar-refractivity contribution in [3.05, 3.63) is 12.2 Å². The minimum Gasteiger partial charge on any atom is -0.478 e. The number of carbonyl (C=O) groups is 4. The van der Waals surface area contributed by atoms with Gasteiger partial charge in [-0.3, -0.25) is 14.9 Å². The van der Waals surface area contributed by atoms with Crippen molar-refractivity contribution in [2.45, 2.75) is 6.42 Å². The SMILES string of the molecule is COC(=O)CCN(C)C(=O)NC(=O)/C=C/C(=O)O. The van der Waals surface area contributed by atoms with Gasteiger partial charge in [0.15, 0.2) is 0 Å². The van der Waals surface area contributed by atoms with Crippen LogP contribution in [-0.4, -0.2) is 54.6 Å². The Kier molecular flexibility index (Phi) is 6.79. The number of carbonyl (C=O) groups excluding carboxylic acids is 3. The predicted molar refractivity (Wildman–Crippen MR) is 59.6 cm³/mol. The third-order valence-electron chi connectivity index (χ3n) is 1.83. The lowest BCUT2D eigenvalue weighted by atomic mass is 10.4. The van der Waals surface area contributed by atoms with Gasteiger partial charge in [0, 0.05) is 25.7 Å². The lowest BCUT2D eigenvalue weighted by molar-refractivity contribution is -0.140. The van der Waals surface area contributed by atoms with Gasteiger partial charge in [-0.05, 0) is 0 Å². The molecule has 0 unspecified atom stereocenters. The quantitative estimate of drug-likeness (QED) is 0.501. The van der Waals surface area contributed by atoms with Crippen molar-refractivity contribution >= 4 is 23.9 Å². The van der Waals surface area contributed by atoms with Crippen LogP contribution in [0.1, 0.15) is 6.42 Å². The topological polar surface area (TPSA) is 113 Å². The Morgan fingerprint density at radius 2 is 1.89 bits per heavy atom. The summed E-state index contributed by atoms with van der Waals surface area (Å²) in [5.41, 5.74) is 0. The highest BCUT2D eigenvalue weighted by molar-refractivity contribution is 6.02. The fourth-order valence-electron chi connectivity index (χ4n) is 0.852. The first kappa shape index (κ1) is 15.6. The summed E-state index contributed by atoms with van der Waals surface area (Å²) in [7, 11) is 2.61. The van der Waals surface area contributed by atoms with Gasteiger partial charge in [0.25, 0.3) is 5.91 Å². The molecular weight excluding hydrogens is 244 g/mol. The summed E-state index contributed by atoms with van der Waals surface area (Å²) in [4.78, 5) is 44.5. The van der Waals surface area contributed by atoms with Crippen LogP contribution in [0.15, 0.2) is 12.2 Å². The zero-order valence-electron chi connectivity index (χ0n) is 10.0. The molecule has 0 radical (unpaired) electrons. The van der Waals surface area contributed by atoms with Crippen LogP contribution in [0, 0.1) is 0 Å². The van der Waals surface area contributed by atoms with Crippen molar-refractivity contribution in [1.29, 1.82) is 0 Å². The number of hydrogen-bond donors (Lipinski definition) is 2. The minimum atomic E-state index is -1.29. The molecule has 18 heavy (non-hydrogen) atoms. The first-order valence-electron chi connectivity index (χ1n) is 4.90. The second-order valence-corrected chi connectivity index (χ2v) is 3.21. The number of carboxylic acid groups (broad SMARTS) is 1. The molecule has 0 aliphatic carbocycles. The summed E-state index contributed by atoms with van der Waals surface area (Å²) < 4.78 is 4.39. The number of amides is 3. The van der Waals surface area contributed by atoms with E-state index in [0.29, 0.717) is 12.2 Å². The maximum absolute atomic E-state index is 11.4. The Morgan fingerprint density at radius 1 is 1.28 bits per heavy atom. The molecule has 3 amide bonds. The summed E-state index contributed by atoms with van der Waals surface area (Å²) in [6.07, 6.45) is 1.32. The molecule has 0 spiro atoms. The summed E-state index contributed by atoms with van der Waals surface area (Å²) >= 11 is 0. The number of nitrogens with zero attached hydrogens (tertiary/aromatic N) is 1. The first-order valence-corrected chi connectivity index (χ1v) is 4.90. The molecule has 8 heteroatoms. The van der Waals surface area contributed by atoms with E-state index in [0.717, 1.165) is 4.90 Å². The number of hydrogen-bond acceptors (Lipinski definition) is 5. The number of carboxylic acids is 1. The van der Waals surface area contributed by atoms with Gasteiger partial charge >= 0.3 is 18.0 Å². The third kappa shape index (κ3) is 6.99. The molecule has 0 aromatic rings. The fraction of sp³-hybridized carbons (Fsp3) is 0.400. The molecule has 0 rings (SSSR count). The van der Waals surface area contributed by atoms with Crippen LogP contribution in [-0.2, 0) is 19.1 Å². The van der Waals surface area contributed by atoms with Crippen LogP contribution in [0.5, 0.6) is 0 Å². The average Bonchev–Trinajstić information content (AvgIpc) is 2.32. The normalized spacial score (nSPS) is 9.89. The number of rotatable bonds is 5. The molecule has 0 aliphatic rings. The van der Waals surface area contributed by atoms with E-state index in [1.54, 1.807) is 0 Å². The summed E-state index contributed by atoms with van der Waals surface area (Å²) in [5, 5.41) is 10.2. The monoisotopic (exact) mass is 258 g/mol. The van der Waals surface area contributed by atoms with E-state index in [1.807, 2.05) is 5.32 Å². The second kappa shape index (κ2) is 7.82.